The highest BCUT2D eigenvalue weighted by molar-refractivity contribution is 6.21. The zero-order valence-electron chi connectivity index (χ0n) is 12.7. The molecule has 0 saturated heterocycles. The summed E-state index contributed by atoms with van der Waals surface area (Å²) in [6, 6.07) is 8.49. The second kappa shape index (κ2) is 5.01. The molecule has 1 aliphatic rings. The smallest absolute Gasteiger partial charge is 0.119 e. The standard InChI is InChI=1S/C17H25ClO/c1-6-17(5)14(18)11-15(17)19-13-9-7-12(8-10-13)16(2,3)4/h7-10,14-15H,6,11H2,1-5H3. The van der Waals surface area contributed by atoms with Crippen molar-refractivity contribution in [3.05, 3.63) is 29.8 Å². The van der Waals surface area contributed by atoms with Gasteiger partial charge in [-0.3, -0.25) is 0 Å². The first-order valence-corrected chi connectivity index (χ1v) is 7.62. The molecule has 1 aliphatic carbocycles. The molecule has 0 N–H and O–H groups in total. The van der Waals surface area contributed by atoms with Crippen molar-refractivity contribution < 1.29 is 4.74 Å². The molecule has 0 aromatic heterocycles. The van der Waals surface area contributed by atoms with E-state index in [2.05, 4.69) is 58.9 Å². The maximum atomic E-state index is 6.32. The SMILES string of the molecule is CCC1(C)C(Cl)CC1Oc1ccc(C(C)(C)C)cc1. The van der Waals surface area contributed by atoms with E-state index in [0.29, 0.717) is 0 Å². The zero-order valence-corrected chi connectivity index (χ0v) is 13.4. The quantitative estimate of drug-likeness (QED) is 0.695. The van der Waals surface area contributed by atoms with Gasteiger partial charge in [0.1, 0.15) is 11.9 Å². The Morgan fingerprint density at radius 3 is 2.26 bits per heavy atom. The highest BCUT2D eigenvalue weighted by Gasteiger charge is 2.51. The molecule has 1 aromatic carbocycles. The predicted molar refractivity (Wildman–Crippen MR) is 82.2 cm³/mol. The highest BCUT2D eigenvalue weighted by atomic mass is 35.5. The van der Waals surface area contributed by atoms with Gasteiger partial charge in [0.25, 0.3) is 0 Å². The molecule has 0 heterocycles. The monoisotopic (exact) mass is 280 g/mol. The summed E-state index contributed by atoms with van der Waals surface area (Å²) in [6.07, 6.45) is 2.26. The van der Waals surface area contributed by atoms with Gasteiger partial charge in [-0.15, -0.1) is 11.6 Å². The molecule has 0 radical (unpaired) electrons. The fourth-order valence-electron chi connectivity index (χ4n) is 2.60. The molecular weight excluding hydrogens is 256 g/mol. The van der Waals surface area contributed by atoms with E-state index < -0.39 is 0 Å². The Labute approximate surface area is 122 Å². The van der Waals surface area contributed by atoms with Gasteiger partial charge in [0, 0.05) is 17.2 Å². The van der Waals surface area contributed by atoms with Crippen LogP contribution in [-0.2, 0) is 5.41 Å². The minimum Gasteiger partial charge on any atom is -0.490 e. The van der Waals surface area contributed by atoms with Crippen molar-refractivity contribution in [2.75, 3.05) is 0 Å². The van der Waals surface area contributed by atoms with E-state index >= 15 is 0 Å². The van der Waals surface area contributed by atoms with Gasteiger partial charge >= 0.3 is 0 Å². The number of halogens is 1. The summed E-state index contributed by atoms with van der Waals surface area (Å²) in [4.78, 5) is 0. The maximum Gasteiger partial charge on any atom is 0.119 e. The number of alkyl halides is 1. The van der Waals surface area contributed by atoms with Crippen LogP contribution in [0.3, 0.4) is 0 Å². The second-order valence-corrected chi connectivity index (χ2v) is 7.47. The zero-order chi connectivity index (χ0) is 14.3. The van der Waals surface area contributed by atoms with Crippen molar-refractivity contribution >= 4 is 11.6 Å². The van der Waals surface area contributed by atoms with Crippen LogP contribution in [0.15, 0.2) is 24.3 Å². The summed E-state index contributed by atoms with van der Waals surface area (Å²) < 4.78 is 6.11. The molecule has 1 aromatic rings. The third-order valence-electron chi connectivity index (χ3n) is 4.63. The minimum atomic E-state index is 0.115. The molecule has 1 saturated carbocycles. The predicted octanol–water partition coefficient (Wildman–Crippen LogP) is 5.16. The van der Waals surface area contributed by atoms with Crippen LogP contribution in [0.1, 0.15) is 53.0 Å². The van der Waals surface area contributed by atoms with Crippen molar-refractivity contribution in [3.63, 3.8) is 0 Å². The molecule has 1 nitrogen and oxygen atoms in total. The second-order valence-electron chi connectivity index (χ2n) is 6.94. The largest absolute Gasteiger partial charge is 0.490 e. The molecule has 19 heavy (non-hydrogen) atoms. The third kappa shape index (κ3) is 2.76. The fourth-order valence-corrected chi connectivity index (χ4v) is 3.05. The van der Waals surface area contributed by atoms with Crippen molar-refractivity contribution in [1.82, 2.24) is 0 Å². The van der Waals surface area contributed by atoms with Crippen LogP contribution >= 0.6 is 11.6 Å². The van der Waals surface area contributed by atoms with Crippen molar-refractivity contribution in [1.29, 1.82) is 0 Å². The van der Waals surface area contributed by atoms with Crippen LogP contribution in [0.5, 0.6) is 5.75 Å². The number of ether oxygens (including phenoxy) is 1. The van der Waals surface area contributed by atoms with Crippen molar-refractivity contribution in [2.45, 2.75) is 64.4 Å². The van der Waals surface area contributed by atoms with Crippen molar-refractivity contribution in [2.24, 2.45) is 5.41 Å². The first-order chi connectivity index (χ1) is 8.77. The molecule has 0 spiro atoms. The molecular formula is C17H25ClO. The molecule has 0 bridgehead atoms. The summed E-state index contributed by atoms with van der Waals surface area (Å²) in [5.41, 5.74) is 1.64. The summed E-state index contributed by atoms with van der Waals surface area (Å²) >= 11 is 6.32. The van der Waals surface area contributed by atoms with Crippen molar-refractivity contribution in [3.8, 4) is 5.75 Å². The summed E-state index contributed by atoms with van der Waals surface area (Å²) in [6.45, 7) is 11.1. The Bertz CT molecular complexity index is 432. The number of rotatable bonds is 3. The summed E-state index contributed by atoms with van der Waals surface area (Å²) in [5, 5.41) is 0.247. The summed E-state index contributed by atoms with van der Waals surface area (Å²) in [7, 11) is 0. The first kappa shape index (κ1) is 14.7. The van der Waals surface area contributed by atoms with Gasteiger partial charge in [-0.25, -0.2) is 0 Å². The Morgan fingerprint density at radius 2 is 1.84 bits per heavy atom. The van der Waals surface area contributed by atoms with Crippen LogP contribution in [-0.4, -0.2) is 11.5 Å². The van der Waals surface area contributed by atoms with Gasteiger partial charge in [-0.1, -0.05) is 46.8 Å². The van der Waals surface area contributed by atoms with Gasteiger partial charge in [0.05, 0.1) is 0 Å². The van der Waals surface area contributed by atoms with E-state index in [9.17, 15) is 0 Å². The van der Waals surface area contributed by atoms with Crippen LogP contribution in [0.2, 0.25) is 0 Å². The molecule has 3 atom stereocenters. The Morgan fingerprint density at radius 1 is 1.26 bits per heavy atom. The topological polar surface area (TPSA) is 9.23 Å². The molecule has 106 valence electrons. The normalized spacial score (nSPS) is 30.8. The summed E-state index contributed by atoms with van der Waals surface area (Å²) in [5.74, 6) is 0.959. The fraction of sp³-hybridized carbons (Fsp3) is 0.647. The number of hydrogen-bond acceptors (Lipinski definition) is 1. The Kier molecular flexibility index (Phi) is 3.88. The molecule has 0 aliphatic heterocycles. The van der Waals surface area contributed by atoms with E-state index in [1.165, 1.54) is 5.56 Å². The average molecular weight is 281 g/mol. The van der Waals surface area contributed by atoms with Crippen LogP contribution in [0, 0.1) is 5.41 Å². The van der Waals surface area contributed by atoms with Crippen LogP contribution < -0.4 is 4.74 Å². The van der Waals surface area contributed by atoms with Gasteiger partial charge < -0.3 is 4.74 Å². The van der Waals surface area contributed by atoms with Gasteiger partial charge in [-0.2, -0.15) is 0 Å². The lowest BCUT2D eigenvalue weighted by Crippen LogP contribution is -2.55. The molecule has 0 amide bonds. The lowest BCUT2D eigenvalue weighted by molar-refractivity contribution is -0.0294. The number of benzene rings is 1. The molecule has 2 rings (SSSR count). The first-order valence-electron chi connectivity index (χ1n) is 7.18. The molecule has 3 unspecified atom stereocenters. The van der Waals surface area contributed by atoms with Crippen LogP contribution in [0.4, 0.5) is 0 Å². The highest BCUT2D eigenvalue weighted by Crippen LogP contribution is 2.49. The van der Waals surface area contributed by atoms with Gasteiger partial charge in [-0.05, 0) is 29.5 Å². The lowest BCUT2D eigenvalue weighted by atomic mass is 9.65. The van der Waals surface area contributed by atoms with Gasteiger partial charge in [0.15, 0.2) is 0 Å². The van der Waals surface area contributed by atoms with E-state index in [4.69, 9.17) is 16.3 Å². The van der Waals surface area contributed by atoms with Gasteiger partial charge in [0.2, 0.25) is 0 Å². The van der Waals surface area contributed by atoms with E-state index in [1.807, 2.05) is 0 Å². The lowest BCUT2D eigenvalue weighted by Gasteiger charge is -2.50. The maximum absolute atomic E-state index is 6.32. The van der Waals surface area contributed by atoms with E-state index in [1.54, 1.807) is 0 Å². The molecule has 2 heteroatoms. The van der Waals surface area contributed by atoms with E-state index in [-0.39, 0.29) is 22.3 Å². The van der Waals surface area contributed by atoms with Crippen LogP contribution in [0.25, 0.3) is 0 Å². The molecule has 1 fully saturated rings. The Hall–Kier alpha value is -0.690. The number of hydrogen-bond donors (Lipinski definition) is 0. The van der Waals surface area contributed by atoms with E-state index in [0.717, 1.165) is 18.6 Å². The third-order valence-corrected chi connectivity index (χ3v) is 5.31. The minimum absolute atomic E-state index is 0.115. The average Bonchev–Trinajstić information content (AvgIpc) is 2.37. The Balaban J connectivity index is 2.05.